The van der Waals surface area contributed by atoms with Crippen molar-refractivity contribution in [1.29, 1.82) is 0 Å². The summed E-state index contributed by atoms with van der Waals surface area (Å²) in [7, 11) is 1.58. The number of carbonyl (C=O) groups is 1. The quantitative estimate of drug-likeness (QED) is 0.731. The van der Waals surface area contributed by atoms with Crippen molar-refractivity contribution in [3.05, 3.63) is 42.6 Å². The Morgan fingerprint density at radius 2 is 1.93 bits per heavy atom. The topological polar surface area (TPSA) is 83.7 Å². The summed E-state index contributed by atoms with van der Waals surface area (Å²) < 4.78 is 5.17. The summed E-state index contributed by atoms with van der Waals surface area (Å²) in [5, 5.41) is 2.86. The number of hydrogen-bond acceptors (Lipinski definition) is 6. The first kappa shape index (κ1) is 22.8. The van der Waals surface area contributed by atoms with Crippen molar-refractivity contribution >= 4 is 47.9 Å². The minimum Gasteiger partial charge on any atom is -0.497 e. The molecule has 0 aliphatic carbocycles. The molecule has 1 aliphatic heterocycles. The molecular weight excluding hydrogens is 389 g/mol. The van der Waals surface area contributed by atoms with Gasteiger partial charge in [0.2, 0.25) is 5.91 Å². The first-order chi connectivity index (χ1) is 12.2. The van der Waals surface area contributed by atoms with Crippen molar-refractivity contribution in [2.75, 3.05) is 55.8 Å². The number of nitrogens with one attached hydrogen (secondary N) is 1. The number of methoxy groups -OCH3 is 1. The first-order valence-corrected chi connectivity index (χ1v) is 8.27. The van der Waals surface area contributed by atoms with E-state index in [0.29, 0.717) is 23.7 Å². The van der Waals surface area contributed by atoms with Crippen LogP contribution in [0.2, 0.25) is 0 Å². The monoisotopic (exact) mass is 413 g/mol. The molecule has 2 aromatic rings. The molecule has 1 aliphatic rings. The maximum atomic E-state index is 12.3. The Morgan fingerprint density at radius 1 is 1.19 bits per heavy atom. The van der Waals surface area contributed by atoms with Crippen molar-refractivity contribution in [3.63, 3.8) is 0 Å². The summed E-state index contributed by atoms with van der Waals surface area (Å²) in [5.41, 5.74) is 7.01. The molecule has 3 rings (SSSR count). The molecule has 1 fully saturated rings. The fourth-order valence-corrected chi connectivity index (χ4v) is 2.84. The number of ether oxygens (including phenoxy) is 1. The van der Waals surface area contributed by atoms with Crippen molar-refractivity contribution in [1.82, 2.24) is 9.88 Å². The number of nitrogen functional groups attached to an aromatic ring is 1. The zero-order valence-electron chi connectivity index (χ0n) is 15.1. The third-order valence-corrected chi connectivity index (χ3v) is 4.25. The Morgan fingerprint density at radius 3 is 2.56 bits per heavy atom. The second-order valence-electron chi connectivity index (χ2n) is 5.95. The minimum absolute atomic E-state index is 0. The third kappa shape index (κ3) is 6.16. The molecule has 7 nitrogen and oxygen atoms in total. The highest BCUT2D eigenvalue weighted by Crippen LogP contribution is 2.24. The molecule has 27 heavy (non-hydrogen) atoms. The van der Waals surface area contributed by atoms with Crippen LogP contribution in [0.1, 0.15) is 0 Å². The van der Waals surface area contributed by atoms with Gasteiger partial charge in [0.1, 0.15) is 11.6 Å². The highest BCUT2D eigenvalue weighted by Gasteiger charge is 2.20. The summed E-state index contributed by atoms with van der Waals surface area (Å²) in [4.78, 5) is 21.0. The molecule has 9 heteroatoms. The average molecular weight is 414 g/mol. The summed E-state index contributed by atoms with van der Waals surface area (Å²) in [6.07, 6.45) is 1.80. The van der Waals surface area contributed by atoms with Gasteiger partial charge in [-0.25, -0.2) is 4.98 Å². The van der Waals surface area contributed by atoms with E-state index in [1.54, 1.807) is 31.5 Å². The lowest BCUT2D eigenvalue weighted by Gasteiger charge is -2.34. The summed E-state index contributed by atoms with van der Waals surface area (Å²) in [5.74, 6) is 1.57. The van der Waals surface area contributed by atoms with Gasteiger partial charge < -0.3 is 20.7 Å². The van der Waals surface area contributed by atoms with Crippen LogP contribution in [0.4, 0.5) is 17.2 Å². The standard InChI is InChI=1S/C18H23N5O2.2ClH/c1-25-14-5-6-15(19)16(12-14)21-18(24)13-22-8-10-23(11-9-22)17-4-2-3-7-20-17;;/h2-7,12H,8-11,13,19H2,1H3,(H,21,24);2*1H. The Kier molecular flexibility index (Phi) is 9.14. The molecule has 0 bridgehead atoms. The lowest BCUT2D eigenvalue weighted by atomic mass is 10.2. The number of nitrogens with two attached hydrogens (primary N) is 1. The van der Waals surface area contributed by atoms with E-state index in [1.807, 2.05) is 18.2 Å². The summed E-state index contributed by atoms with van der Waals surface area (Å²) in [6.45, 7) is 3.68. The van der Waals surface area contributed by atoms with E-state index in [0.717, 1.165) is 32.0 Å². The smallest absolute Gasteiger partial charge is 0.238 e. The molecular formula is C18H25Cl2N5O2. The van der Waals surface area contributed by atoms with Crippen molar-refractivity contribution < 1.29 is 9.53 Å². The molecule has 0 unspecified atom stereocenters. The first-order valence-electron chi connectivity index (χ1n) is 8.27. The highest BCUT2D eigenvalue weighted by molar-refractivity contribution is 5.95. The SMILES string of the molecule is COc1ccc(N)c(NC(=O)CN2CCN(c3ccccn3)CC2)c1.Cl.Cl. The van der Waals surface area contributed by atoms with Crippen LogP contribution in [0.25, 0.3) is 0 Å². The summed E-state index contributed by atoms with van der Waals surface area (Å²) >= 11 is 0. The van der Waals surface area contributed by atoms with E-state index in [2.05, 4.69) is 20.1 Å². The Labute approximate surface area is 171 Å². The number of piperazine rings is 1. The summed E-state index contributed by atoms with van der Waals surface area (Å²) in [6, 6.07) is 11.1. The number of aromatic nitrogens is 1. The number of rotatable bonds is 5. The van der Waals surface area contributed by atoms with E-state index in [4.69, 9.17) is 10.5 Å². The van der Waals surface area contributed by atoms with E-state index < -0.39 is 0 Å². The highest BCUT2D eigenvalue weighted by atomic mass is 35.5. The minimum atomic E-state index is -0.0776. The van der Waals surface area contributed by atoms with Gasteiger partial charge in [0.15, 0.2) is 0 Å². The average Bonchev–Trinajstić information content (AvgIpc) is 2.65. The van der Waals surface area contributed by atoms with Gasteiger partial charge in [-0.15, -0.1) is 24.8 Å². The molecule has 0 saturated carbocycles. The number of carbonyl (C=O) groups excluding carboxylic acids is 1. The van der Waals surface area contributed by atoms with Crippen LogP contribution in [0.3, 0.4) is 0 Å². The molecule has 2 heterocycles. The van der Waals surface area contributed by atoms with Gasteiger partial charge in [-0.1, -0.05) is 6.07 Å². The van der Waals surface area contributed by atoms with Crippen molar-refractivity contribution in [3.8, 4) is 5.75 Å². The lowest BCUT2D eigenvalue weighted by Crippen LogP contribution is -2.48. The van der Waals surface area contributed by atoms with E-state index >= 15 is 0 Å². The predicted octanol–water partition coefficient (Wildman–Crippen LogP) is 2.28. The van der Waals surface area contributed by atoms with Crippen LogP contribution in [0.15, 0.2) is 42.6 Å². The molecule has 0 radical (unpaired) electrons. The van der Waals surface area contributed by atoms with Gasteiger partial charge in [0, 0.05) is 38.4 Å². The van der Waals surface area contributed by atoms with Crippen LogP contribution < -0.4 is 20.7 Å². The third-order valence-electron chi connectivity index (χ3n) is 4.25. The second kappa shape index (κ2) is 10.8. The zero-order valence-corrected chi connectivity index (χ0v) is 16.8. The fraction of sp³-hybridized carbons (Fsp3) is 0.333. The molecule has 1 aromatic heterocycles. The second-order valence-corrected chi connectivity index (χ2v) is 5.95. The van der Waals surface area contributed by atoms with Crippen LogP contribution in [-0.2, 0) is 4.79 Å². The normalized spacial score (nSPS) is 13.9. The molecule has 1 aromatic carbocycles. The Bertz CT molecular complexity index is 725. The van der Waals surface area contributed by atoms with E-state index in [-0.39, 0.29) is 30.7 Å². The molecule has 148 valence electrons. The van der Waals surface area contributed by atoms with Gasteiger partial charge >= 0.3 is 0 Å². The number of hydrogen-bond donors (Lipinski definition) is 2. The van der Waals surface area contributed by atoms with Crippen LogP contribution >= 0.6 is 24.8 Å². The van der Waals surface area contributed by atoms with Crippen molar-refractivity contribution in [2.45, 2.75) is 0 Å². The Hall–Kier alpha value is -2.22. The van der Waals surface area contributed by atoms with Crippen LogP contribution in [0.5, 0.6) is 5.75 Å². The maximum Gasteiger partial charge on any atom is 0.238 e. The van der Waals surface area contributed by atoms with Gasteiger partial charge in [0.05, 0.1) is 25.0 Å². The van der Waals surface area contributed by atoms with Crippen molar-refractivity contribution in [2.24, 2.45) is 0 Å². The molecule has 3 N–H and O–H groups in total. The molecule has 1 amide bonds. The number of amides is 1. The van der Waals surface area contributed by atoms with E-state index in [9.17, 15) is 4.79 Å². The number of nitrogens with zero attached hydrogens (tertiary/aromatic N) is 3. The predicted molar refractivity (Wildman–Crippen MR) is 113 cm³/mol. The largest absolute Gasteiger partial charge is 0.497 e. The maximum absolute atomic E-state index is 12.3. The van der Waals surface area contributed by atoms with Crippen LogP contribution in [0, 0.1) is 0 Å². The molecule has 0 atom stereocenters. The number of pyridine rings is 1. The lowest BCUT2D eigenvalue weighted by molar-refractivity contribution is -0.117. The van der Waals surface area contributed by atoms with Crippen LogP contribution in [-0.4, -0.2) is 55.6 Å². The van der Waals surface area contributed by atoms with Gasteiger partial charge in [-0.3, -0.25) is 9.69 Å². The van der Waals surface area contributed by atoms with Gasteiger partial charge in [-0.2, -0.15) is 0 Å². The fourth-order valence-electron chi connectivity index (χ4n) is 2.84. The number of halogens is 2. The van der Waals surface area contributed by atoms with E-state index in [1.165, 1.54) is 0 Å². The zero-order chi connectivity index (χ0) is 17.6. The van der Waals surface area contributed by atoms with Gasteiger partial charge in [-0.05, 0) is 24.3 Å². The molecule has 0 spiro atoms. The Balaban J connectivity index is 0.00000182. The number of benzene rings is 1. The van der Waals surface area contributed by atoms with Gasteiger partial charge in [0.25, 0.3) is 0 Å². The number of anilines is 3. The molecule has 1 saturated heterocycles.